The Kier molecular flexibility index (Phi) is 3.73. The minimum absolute atomic E-state index is 0.678. The zero-order valence-electron chi connectivity index (χ0n) is 10.4. The molecular weight excluding hydrogens is 282 g/mol. The van der Waals surface area contributed by atoms with Gasteiger partial charge < -0.3 is 0 Å². The highest BCUT2D eigenvalue weighted by Crippen LogP contribution is 2.44. The summed E-state index contributed by atoms with van der Waals surface area (Å²) < 4.78 is 0.869. The van der Waals surface area contributed by atoms with Crippen molar-refractivity contribution in [1.29, 1.82) is 0 Å². The van der Waals surface area contributed by atoms with Gasteiger partial charge in [-0.3, -0.25) is 0 Å². The molecule has 0 aromatic carbocycles. The lowest BCUT2D eigenvalue weighted by atomic mass is 10.0. The molecule has 1 aliphatic rings. The Balaban J connectivity index is 2.03. The second kappa shape index (κ2) is 5.32. The van der Waals surface area contributed by atoms with Crippen LogP contribution >= 0.6 is 34.3 Å². The molecular formula is C14H16ClNS2. The number of hydrogen-bond acceptors (Lipinski definition) is 3. The first-order chi connectivity index (χ1) is 8.78. The highest BCUT2D eigenvalue weighted by molar-refractivity contribution is 7.24. The Bertz CT molecular complexity index is 538. The lowest BCUT2D eigenvalue weighted by Gasteiger charge is -2.07. The number of nitrogens with zero attached hydrogens (tertiary/aromatic N) is 1. The highest BCUT2D eigenvalue weighted by Gasteiger charge is 2.24. The van der Waals surface area contributed by atoms with Crippen molar-refractivity contribution in [2.45, 2.75) is 44.9 Å². The fourth-order valence-corrected chi connectivity index (χ4v) is 4.87. The van der Waals surface area contributed by atoms with Crippen LogP contribution in [-0.2, 0) is 6.42 Å². The van der Waals surface area contributed by atoms with E-state index in [1.54, 1.807) is 11.3 Å². The van der Waals surface area contributed by atoms with Crippen molar-refractivity contribution in [3.63, 3.8) is 0 Å². The van der Waals surface area contributed by atoms with Crippen LogP contribution in [0.15, 0.2) is 12.1 Å². The Labute approximate surface area is 121 Å². The van der Waals surface area contributed by atoms with Crippen molar-refractivity contribution < 1.29 is 0 Å². The molecule has 96 valence electrons. The van der Waals surface area contributed by atoms with Crippen molar-refractivity contribution in [2.24, 2.45) is 0 Å². The first kappa shape index (κ1) is 12.6. The van der Waals surface area contributed by atoms with Crippen LogP contribution in [-0.4, -0.2) is 4.98 Å². The third-order valence-electron chi connectivity index (χ3n) is 3.54. The zero-order valence-corrected chi connectivity index (χ0v) is 12.8. The maximum absolute atomic E-state index is 6.07. The predicted molar refractivity (Wildman–Crippen MR) is 81.0 cm³/mol. The molecule has 0 spiro atoms. The molecule has 18 heavy (non-hydrogen) atoms. The molecule has 0 amide bonds. The average Bonchev–Trinajstić information content (AvgIpc) is 3.07. The molecule has 0 atom stereocenters. The van der Waals surface area contributed by atoms with Crippen molar-refractivity contribution >= 4 is 34.3 Å². The van der Waals surface area contributed by atoms with E-state index in [4.69, 9.17) is 16.6 Å². The van der Waals surface area contributed by atoms with Gasteiger partial charge in [-0.25, -0.2) is 4.98 Å². The first-order valence-corrected chi connectivity index (χ1v) is 8.54. The Hall–Kier alpha value is -0.380. The first-order valence-electron chi connectivity index (χ1n) is 6.53. The minimum Gasteiger partial charge on any atom is -0.245 e. The van der Waals surface area contributed by atoms with Gasteiger partial charge in [0.05, 0.1) is 19.9 Å². The van der Waals surface area contributed by atoms with Crippen molar-refractivity contribution in [1.82, 2.24) is 4.98 Å². The lowest BCUT2D eigenvalue weighted by Crippen LogP contribution is -1.95. The third-order valence-corrected chi connectivity index (χ3v) is 6.17. The summed E-state index contributed by atoms with van der Waals surface area (Å²) in [5.74, 6) is 0.678. The second-order valence-corrected chi connectivity index (χ2v) is 7.56. The lowest BCUT2D eigenvalue weighted by molar-refractivity contribution is 0.701. The van der Waals surface area contributed by atoms with Crippen LogP contribution < -0.4 is 0 Å². The van der Waals surface area contributed by atoms with Gasteiger partial charge in [-0.2, -0.15) is 0 Å². The van der Waals surface area contributed by atoms with E-state index in [1.165, 1.54) is 46.1 Å². The van der Waals surface area contributed by atoms with Gasteiger partial charge >= 0.3 is 0 Å². The molecule has 1 fully saturated rings. The molecule has 0 radical (unpaired) electrons. The molecule has 0 bridgehead atoms. The van der Waals surface area contributed by atoms with Crippen molar-refractivity contribution in [3.05, 3.63) is 27.2 Å². The second-order valence-electron chi connectivity index (χ2n) is 4.76. The normalized spacial score (nSPS) is 16.6. The van der Waals surface area contributed by atoms with Crippen LogP contribution in [0, 0.1) is 0 Å². The molecule has 1 saturated carbocycles. The fourth-order valence-electron chi connectivity index (χ4n) is 2.62. The summed E-state index contributed by atoms with van der Waals surface area (Å²) in [6.07, 6.45) is 6.35. The summed E-state index contributed by atoms with van der Waals surface area (Å²) in [6, 6.07) is 4.13. The highest BCUT2D eigenvalue weighted by atomic mass is 35.5. The molecule has 1 aliphatic carbocycles. The van der Waals surface area contributed by atoms with Gasteiger partial charge in [0.2, 0.25) is 0 Å². The maximum atomic E-state index is 6.07. The molecule has 1 nitrogen and oxygen atoms in total. The van der Waals surface area contributed by atoms with Crippen LogP contribution in [0.25, 0.3) is 9.75 Å². The summed E-state index contributed by atoms with van der Waals surface area (Å²) >= 11 is 9.59. The molecule has 4 heteroatoms. The standard InChI is InChI=1S/C14H16ClNS2/c1-2-12-16-13(9-5-3-4-6-9)14(18-12)10-7-8-11(15)17-10/h7-9H,2-6H2,1H3. The summed E-state index contributed by atoms with van der Waals surface area (Å²) in [7, 11) is 0. The van der Waals surface area contributed by atoms with E-state index in [0.29, 0.717) is 5.92 Å². The van der Waals surface area contributed by atoms with E-state index >= 15 is 0 Å². The number of aryl methyl sites for hydroxylation is 1. The number of halogens is 1. The third kappa shape index (κ3) is 2.36. The Morgan fingerprint density at radius 2 is 2.06 bits per heavy atom. The summed E-state index contributed by atoms with van der Waals surface area (Å²) in [6.45, 7) is 2.18. The van der Waals surface area contributed by atoms with Crippen LogP contribution in [0.1, 0.15) is 49.2 Å². The molecule has 0 N–H and O–H groups in total. The quantitative estimate of drug-likeness (QED) is 0.703. The number of rotatable bonds is 3. The van der Waals surface area contributed by atoms with Gasteiger partial charge in [0, 0.05) is 10.8 Å². The predicted octanol–water partition coefficient (Wildman–Crippen LogP) is 5.75. The Morgan fingerprint density at radius 3 is 2.67 bits per heavy atom. The largest absolute Gasteiger partial charge is 0.245 e. The summed E-state index contributed by atoms with van der Waals surface area (Å²) in [5, 5.41) is 1.26. The number of aromatic nitrogens is 1. The van der Waals surface area contributed by atoms with Gasteiger partial charge in [0.1, 0.15) is 0 Å². The monoisotopic (exact) mass is 297 g/mol. The average molecular weight is 298 g/mol. The summed E-state index contributed by atoms with van der Waals surface area (Å²) in [5.41, 5.74) is 1.34. The van der Waals surface area contributed by atoms with Crippen LogP contribution in [0.3, 0.4) is 0 Å². The van der Waals surface area contributed by atoms with E-state index in [2.05, 4.69) is 13.0 Å². The van der Waals surface area contributed by atoms with Crippen LogP contribution in [0.2, 0.25) is 4.34 Å². The number of hydrogen-bond donors (Lipinski definition) is 0. The molecule has 2 aromatic rings. The van der Waals surface area contributed by atoms with Gasteiger partial charge in [0.25, 0.3) is 0 Å². The number of thiazole rings is 1. The van der Waals surface area contributed by atoms with E-state index < -0.39 is 0 Å². The topological polar surface area (TPSA) is 12.9 Å². The van der Waals surface area contributed by atoms with Crippen LogP contribution in [0.4, 0.5) is 0 Å². The molecule has 3 rings (SSSR count). The van der Waals surface area contributed by atoms with Gasteiger partial charge in [-0.1, -0.05) is 31.4 Å². The minimum atomic E-state index is 0.678. The van der Waals surface area contributed by atoms with Crippen molar-refractivity contribution in [2.75, 3.05) is 0 Å². The fraction of sp³-hybridized carbons (Fsp3) is 0.500. The van der Waals surface area contributed by atoms with Gasteiger partial charge in [-0.15, -0.1) is 22.7 Å². The van der Waals surface area contributed by atoms with Crippen molar-refractivity contribution in [3.8, 4) is 9.75 Å². The molecule has 2 heterocycles. The van der Waals surface area contributed by atoms with E-state index in [9.17, 15) is 0 Å². The maximum Gasteiger partial charge on any atom is 0.0935 e. The molecule has 0 unspecified atom stereocenters. The zero-order chi connectivity index (χ0) is 12.5. The molecule has 2 aromatic heterocycles. The SMILES string of the molecule is CCc1nc(C2CCCC2)c(-c2ccc(Cl)s2)s1. The smallest absolute Gasteiger partial charge is 0.0935 e. The van der Waals surface area contributed by atoms with E-state index in [0.717, 1.165) is 10.8 Å². The molecule has 0 saturated heterocycles. The van der Waals surface area contributed by atoms with Gasteiger partial charge in [-0.05, 0) is 31.4 Å². The summed E-state index contributed by atoms with van der Waals surface area (Å²) in [4.78, 5) is 7.54. The van der Waals surface area contributed by atoms with Gasteiger partial charge in [0.15, 0.2) is 0 Å². The van der Waals surface area contributed by atoms with E-state index in [-0.39, 0.29) is 0 Å². The van der Waals surface area contributed by atoms with E-state index in [1.807, 2.05) is 17.4 Å². The Morgan fingerprint density at radius 1 is 1.28 bits per heavy atom. The van der Waals surface area contributed by atoms with Crippen LogP contribution in [0.5, 0.6) is 0 Å². The molecule has 0 aliphatic heterocycles. The number of thiophene rings is 1.